The largest absolute Gasteiger partial charge is 0.481 e. The number of carboxylic acids is 1. The van der Waals surface area contributed by atoms with Gasteiger partial charge >= 0.3 is 5.97 Å². The Morgan fingerprint density at radius 3 is 3.05 bits per heavy atom. The Kier molecular flexibility index (Phi) is 3.87. The molecule has 2 N–H and O–H groups in total. The molecule has 3 rings (SSSR count). The molecule has 1 unspecified atom stereocenters. The quantitative estimate of drug-likeness (QED) is 0.881. The fourth-order valence-electron chi connectivity index (χ4n) is 2.61. The van der Waals surface area contributed by atoms with Gasteiger partial charge in [-0.3, -0.25) is 4.79 Å². The Labute approximate surface area is 131 Å². The number of hydrogen-bond donors (Lipinski definition) is 2. The maximum atomic E-state index is 11.3. The SMILES string of the molecule is Cc1cccc(Cl)c1Nc1nc2c(s1)CCCC2C(=O)O. The van der Waals surface area contributed by atoms with Gasteiger partial charge in [0.05, 0.1) is 16.4 Å². The first-order valence-electron chi connectivity index (χ1n) is 6.81. The van der Waals surface area contributed by atoms with Gasteiger partial charge in [0.25, 0.3) is 0 Å². The van der Waals surface area contributed by atoms with Crippen LogP contribution in [0.15, 0.2) is 18.2 Å². The van der Waals surface area contributed by atoms with Crippen LogP contribution in [0.5, 0.6) is 0 Å². The van der Waals surface area contributed by atoms with Crippen LogP contribution in [-0.2, 0) is 11.2 Å². The van der Waals surface area contributed by atoms with E-state index >= 15 is 0 Å². The number of rotatable bonds is 3. The molecule has 0 radical (unpaired) electrons. The van der Waals surface area contributed by atoms with Crippen molar-refractivity contribution in [1.29, 1.82) is 0 Å². The molecule has 0 amide bonds. The molecule has 0 aliphatic heterocycles. The van der Waals surface area contributed by atoms with E-state index in [1.165, 1.54) is 11.3 Å². The molecule has 1 aromatic heterocycles. The highest BCUT2D eigenvalue weighted by Crippen LogP contribution is 2.38. The van der Waals surface area contributed by atoms with Crippen LogP contribution in [0.3, 0.4) is 0 Å². The maximum absolute atomic E-state index is 11.3. The molecular formula is C15H15ClN2O2S. The first-order valence-corrected chi connectivity index (χ1v) is 8.00. The summed E-state index contributed by atoms with van der Waals surface area (Å²) in [5.41, 5.74) is 2.58. The average molecular weight is 323 g/mol. The van der Waals surface area contributed by atoms with Gasteiger partial charge in [-0.2, -0.15) is 0 Å². The van der Waals surface area contributed by atoms with Crippen molar-refractivity contribution in [2.75, 3.05) is 5.32 Å². The number of benzene rings is 1. The molecule has 6 heteroatoms. The number of halogens is 1. The molecule has 1 aromatic carbocycles. The number of hydrogen-bond acceptors (Lipinski definition) is 4. The number of nitrogens with one attached hydrogen (secondary N) is 1. The van der Waals surface area contributed by atoms with E-state index < -0.39 is 11.9 Å². The third-order valence-electron chi connectivity index (χ3n) is 3.71. The van der Waals surface area contributed by atoms with E-state index in [0.29, 0.717) is 22.3 Å². The molecule has 1 aliphatic rings. The van der Waals surface area contributed by atoms with Gasteiger partial charge in [-0.1, -0.05) is 23.7 Å². The van der Waals surface area contributed by atoms with Crippen LogP contribution < -0.4 is 5.32 Å². The summed E-state index contributed by atoms with van der Waals surface area (Å²) in [4.78, 5) is 16.9. The van der Waals surface area contributed by atoms with Crippen molar-refractivity contribution in [1.82, 2.24) is 4.98 Å². The third kappa shape index (κ3) is 2.76. The fourth-order valence-corrected chi connectivity index (χ4v) is 3.95. The number of carboxylic acid groups (broad SMARTS) is 1. The van der Waals surface area contributed by atoms with E-state index in [1.807, 2.05) is 25.1 Å². The number of aromatic nitrogens is 1. The van der Waals surface area contributed by atoms with Gasteiger partial charge in [-0.15, -0.1) is 11.3 Å². The topological polar surface area (TPSA) is 62.2 Å². The molecule has 1 atom stereocenters. The summed E-state index contributed by atoms with van der Waals surface area (Å²) in [7, 11) is 0. The smallest absolute Gasteiger partial charge is 0.312 e. The van der Waals surface area contributed by atoms with Crippen molar-refractivity contribution in [3.8, 4) is 0 Å². The lowest BCUT2D eigenvalue weighted by atomic mass is 9.91. The lowest BCUT2D eigenvalue weighted by Gasteiger charge is -2.16. The first-order chi connectivity index (χ1) is 10.1. The summed E-state index contributed by atoms with van der Waals surface area (Å²) in [6, 6.07) is 5.70. The van der Waals surface area contributed by atoms with Crippen molar-refractivity contribution in [2.24, 2.45) is 0 Å². The Morgan fingerprint density at radius 2 is 2.33 bits per heavy atom. The van der Waals surface area contributed by atoms with Gasteiger partial charge in [0, 0.05) is 4.88 Å². The van der Waals surface area contributed by atoms with Gasteiger partial charge in [-0.05, 0) is 37.8 Å². The van der Waals surface area contributed by atoms with E-state index in [0.717, 1.165) is 29.0 Å². The number of para-hydroxylation sites is 1. The third-order valence-corrected chi connectivity index (χ3v) is 5.07. The van der Waals surface area contributed by atoms with Crippen LogP contribution >= 0.6 is 22.9 Å². The van der Waals surface area contributed by atoms with Gasteiger partial charge < -0.3 is 10.4 Å². The highest BCUT2D eigenvalue weighted by molar-refractivity contribution is 7.15. The molecule has 2 aromatic rings. The summed E-state index contributed by atoms with van der Waals surface area (Å²) < 4.78 is 0. The van der Waals surface area contributed by atoms with Crippen molar-refractivity contribution >= 4 is 39.7 Å². The number of aliphatic carboxylic acids is 1. The Morgan fingerprint density at radius 1 is 1.52 bits per heavy atom. The summed E-state index contributed by atoms with van der Waals surface area (Å²) >= 11 is 7.73. The predicted molar refractivity (Wildman–Crippen MR) is 84.9 cm³/mol. The maximum Gasteiger partial charge on any atom is 0.312 e. The zero-order chi connectivity index (χ0) is 15.0. The van der Waals surface area contributed by atoms with E-state index in [2.05, 4.69) is 10.3 Å². The first kappa shape index (κ1) is 14.4. The van der Waals surface area contributed by atoms with Gasteiger partial charge in [0.2, 0.25) is 0 Å². The van der Waals surface area contributed by atoms with Crippen LogP contribution in [0.25, 0.3) is 0 Å². The van der Waals surface area contributed by atoms with Crippen LogP contribution in [0.2, 0.25) is 5.02 Å². The van der Waals surface area contributed by atoms with Crippen molar-refractivity contribution in [2.45, 2.75) is 32.1 Å². The van der Waals surface area contributed by atoms with E-state index in [1.54, 1.807) is 0 Å². The number of anilines is 2. The summed E-state index contributed by atoms with van der Waals surface area (Å²) in [5, 5.41) is 13.9. The van der Waals surface area contributed by atoms with Crippen molar-refractivity contribution < 1.29 is 9.90 Å². The summed E-state index contributed by atoms with van der Waals surface area (Å²) in [6.45, 7) is 1.97. The van der Waals surface area contributed by atoms with Gasteiger partial charge in [0.15, 0.2) is 5.13 Å². The highest BCUT2D eigenvalue weighted by atomic mass is 35.5. The molecule has 1 heterocycles. The van der Waals surface area contributed by atoms with E-state index in [9.17, 15) is 9.90 Å². The normalized spacial score (nSPS) is 17.3. The minimum absolute atomic E-state index is 0.479. The highest BCUT2D eigenvalue weighted by Gasteiger charge is 2.30. The standard InChI is InChI=1S/C15H15ClN2O2S/c1-8-4-2-6-10(16)12(8)17-15-18-13-9(14(19)20)5-3-7-11(13)21-15/h2,4,6,9H,3,5,7H2,1H3,(H,17,18)(H,19,20). The Balaban J connectivity index is 1.93. The molecule has 0 saturated heterocycles. The second kappa shape index (κ2) is 5.66. The molecule has 4 nitrogen and oxygen atoms in total. The summed E-state index contributed by atoms with van der Waals surface area (Å²) in [6.07, 6.45) is 2.47. The van der Waals surface area contributed by atoms with Gasteiger partial charge in [-0.25, -0.2) is 4.98 Å². The number of nitrogens with zero attached hydrogens (tertiary/aromatic N) is 1. The fraction of sp³-hybridized carbons (Fsp3) is 0.333. The Bertz CT molecular complexity index is 679. The second-order valence-electron chi connectivity index (χ2n) is 5.17. The molecule has 0 spiro atoms. The number of fused-ring (bicyclic) bond motifs is 1. The minimum Gasteiger partial charge on any atom is -0.481 e. The molecular weight excluding hydrogens is 308 g/mol. The molecule has 110 valence electrons. The van der Waals surface area contributed by atoms with Crippen LogP contribution in [-0.4, -0.2) is 16.1 Å². The molecule has 1 aliphatic carbocycles. The zero-order valence-corrected chi connectivity index (χ0v) is 13.1. The molecule has 0 bridgehead atoms. The van der Waals surface area contributed by atoms with Crippen LogP contribution in [0, 0.1) is 6.92 Å². The molecule has 21 heavy (non-hydrogen) atoms. The van der Waals surface area contributed by atoms with Gasteiger partial charge in [0.1, 0.15) is 5.92 Å². The Hall–Kier alpha value is -1.59. The lowest BCUT2D eigenvalue weighted by Crippen LogP contribution is -2.17. The molecule has 0 fully saturated rings. The monoisotopic (exact) mass is 322 g/mol. The average Bonchev–Trinajstić information content (AvgIpc) is 2.85. The van der Waals surface area contributed by atoms with E-state index in [4.69, 9.17) is 11.6 Å². The molecule has 0 saturated carbocycles. The predicted octanol–water partition coefficient (Wildman–Crippen LogP) is 4.35. The van der Waals surface area contributed by atoms with Crippen molar-refractivity contribution in [3.05, 3.63) is 39.4 Å². The second-order valence-corrected chi connectivity index (χ2v) is 6.66. The number of carbonyl (C=O) groups is 1. The van der Waals surface area contributed by atoms with Crippen molar-refractivity contribution in [3.63, 3.8) is 0 Å². The lowest BCUT2D eigenvalue weighted by molar-refractivity contribution is -0.139. The van der Waals surface area contributed by atoms with Crippen LogP contribution in [0.4, 0.5) is 10.8 Å². The minimum atomic E-state index is -0.790. The number of thiazole rings is 1. The van der Waals surface area contributed by atoms with E-state index in [-0.39, 0.29) is 0 Å². The summed E-state index contributed by atoms with van der Waals surface area (Å²) in [5.74, 6) is -1.27. The number of aryl methyl sites for hydroxylation is 2. The zero-order valence-electron chi connectivity index (χ0n) is 11.5. The van der Waals surface area contributed by atoms with Crippen LogP contribution in [0.1, 0.15) is 34.9 Å².